The van der Waals surface area contributed by atoms with Crippen LogP contribution in [0.15, 0.2) is 6.20 Å². The van der Waals surface area contributed by atoms with Crippen LogP contribution in [0, 0.1) is 0 Å². The fourth-order valence-corrected chi connectivity index (χ4v) is 2.00. The van der Waals surface area contributed by atoms with Gasteiger partial charge in [0.05, 0.1) is 12.1 Å². The Labute approximate surface area is 89.2 Å². The van der Waals surface area contributed by atoms with Crippen molar-refractivity contribution >= 4 is 11.3 Å². The summed E-state index contributed by atoms with van der Waals surface area (Å²) in [5.41, 5.74) is 0. The molecule has 1 aromatic heterocycles. The predicted octanol–water partition coefficient (Wildman–Crippen LogP) is 1.74. The van der Waals surface area contributed by atoms with Gasteiger partial charge in [-0.1, -0.05) is 6.92 Å². The summed E-state index contributed by atoms with van der Waals surface area (Å²) < 4.78 is 0. The number of hydrogen-bond donors (Lipinski definition) is 2. The van der Waals surface area contributed by atoms with E-state index in [-0.39, 0.29) is 12.1 Å². The van der Waals surface area contributed by atoms with Gasteiger partial charge in [-0.05, 0) is 20.3 Å². The first-order valence-corrected chi connectivity index (χ1v) is 5.81. The molecule has 1 aromatic rings. The molecule has 0 aliphatic rings. The number of aliphatic hydroxyl groups excluding tert-OH is 1. The topological polar surface area (TPSA) is 45.2 Å². The number of aryl methyl sites for hydroxylation is 1. The molecule has 1 rings (SSSR count). The highest BCUT2D eigenvalue weighted by molar-refractivity contribution is 7.11. The van der Waals surface area contributed by atoms with Crippen molar-refractivity contribution in [1.29, 1.82) is 0 Å². The quantitative estimate of drug-likeness (QED) is 0.784. The maximum absolute atomic E-state index is 9.12. The van der Waals surface area contributed by atoms with Gasteiger partial charge in [0, 0.05) is 17.6 Å². The Balaban J connectivity index is 2.47. The lowest BCUT2D eigenvalue weighted by Gasteiger charge is -2.12. The smallest absolute Gasteiger partial charge is 0.109 e. The van der Waals surface area contributed by atoms with Crippen molar-refractivity contribution < 1.29 is 5.11 Å². The van der Waals surface area contributed by atoms with Gasteiger partial charge >= 0.3 is 0 Å². The molecule has 0 saturated carbocycles. The van der Waals surface area contributed by atoms with E-state index in [1.807, 2.05) is 6.20 Å². The summed E-state index contributed by atoms with van der Waals surface area (Å²) in [6.45, 7) is 6.59. The average molecular weight is 214 g/mol. The number of aliphatic hydroxyl groups is 1. The average Bonchev–Trinajstić information content (AvgIpc) is 2.62. The van der Waals surface area contributed by atoms with Crippen LogP contribution in [-0.4, -0.2) is 22.7 Å². The second kappa shape index (κ2) is 5.44. The van der Waals surface area contributed by atoms with Gasteiger partial charge in [0.25, 0.3) is 0 Å². The highest BCUT2D eigenvalue weighted by atomic mass is 32.1. The van der Waals surface area contributed by atoms with Crippen molar-refractivity contribution in [3.05, 3.63) is 16.1 Å². The highest BCUT2D eigenvalue weighted by Gasteiger charge is 2.09. The van der Waals surface area contributed by atoms with Gasteiger partial charge in [0.1, 0.15) is 5.01 Å². The largest absolute Gasteiger partial charge is 0.392 e. The molecule has 0 fully saturated rings. The molecule has 0 aliphatic carbocycles. The SMILES string of the molecule is CCc1cnc(C(C)NC[C@H](C)O)s1. The van der Waals surface area contributed by atoms with E-state index < -0.39 is 0 Å². The van der Waals surface area contributed by atoms with Gasteiger partial charge in [-0.3, -0.25) is 0 Å². The fourth-order valence-electron chi connectivity index (χ4n) is 1.12. The molecule has 0 radical (unpaired) electrons. The van der Waals surface area contributed by atoms with Crippen molar-refractivity contribution in [3.8, 4) is 0 Å². The van der Waals surface area contributed by atoms with Crippen molar-refractivity contribution in [2.75, 3.05) is 6.54 Å². The molecule has 3 nitrogen and oxygen atoms in total. The lowest BCUT2D eigenvalue weighted by molar-refractivity contribution is 0.187. The van der Waals surface area contributed by atoms with Crippen molar-refractivity contribution in [2.24, 2.45) is 0 Å². The summed E-state index contributed by atoms with van der Waals surface area (Å²) in [6.07, 6.45) is 2.67. The van der Waals surface area contributed by atoms with Crippen LogP contribution in [0.4, 0.5) is 0 Å². The van der Waals surface area contributed by atoms with Crippen LogP contribution in [0.5, 0.6) is 0 Å². The summed E-state index contributed by atoms with van der Waals surface area (Å²) in [6, 6.07) is 0.231. The molecule has 2 atom stereocenters. The first-order chi connectivity index (χ1) is 6.63. The molecule has 0 aliphatic heterocycles. The lowest BCUT2D eigenvalue weighted by Crippen LogP contribution is -2.26. The molecule has 4 heteroatoms. The number of rotatable bonds is 5. The number of nitrogens with zero attached hydrogens (tertiary/aromatic N) is 1. The molecule has 1 heterocycles. The minimum atomic E-state index is -0.303. The van der Waals surface area contributed by atoms with Crippen molar-refractivity contribution in [3.63, 3.8) is 0 Å². The fraction of sp³-hybridized carbons (Fsp3) is 0.700. The van der Waals surface area contributed by atoms with Gasteiger partial charge in [-0.2, -0.15) is 0 Å². The van der Waals surface area contributed by atoms with Gasteiger partial charge in [0.15, 0.2) is 0 Å². The van der Waals surface area contributed by atoms with Gasteiger partial charge in [-0.15, -0.1) is 11.3 Å². The Morgan fingerprint density at radius 2 is 2.29 bits per heavy atom. The van der Waals surface area contributed by atoms with E-state index >= 15 is 0 Å². The molecule has 2 N–H and O–H groups in total. The maximum atomic E-state index is 9.12. The molecule has 14 heavy (non-hydrogen) atoms. The third kappa shape index (κ3) is 3.36. The molecule has 0 spiro atoms. The summed E-state index contributed by atoms with van der Waals surface area (Å²) in [5.74, 6) is 0. The number of thiazole rings is 1. The van der Waals surface area contributed by atoms with Crippen LogP contribution >= 0.6 is 11.3 Å². The second-order valence-corrected chi connectivity index (χ2v) is 4.64. The molecule has 0 amide bonds. The third-order valence-electron chi connectivity index (χ3n) is 2.01. The first-order valence-electron chi connectivity index (χ1n) is 4.99. The van der Waals surface area contributed by atoms with E-state index in [0.717, 1.165) is 11.4 Å². The monoisotopic (exact) mass is 214 g/mol. The Morgan fingerprint density at radius 3 is 2.79 bits per heavy atom. The van der Waals surface area contributed by atoms with Crippen molar-refractivity contribution in [2.45, 2.75) is 39.3 Å². The second-order valence-electron chi connectivity index (χ2n) is 3.50. The van der Waals surface area contributed by atoms with Gasteiger partial charge in [0.2, 0.25) is 0 Å². The van der Waals surface area contributed by atoms with E-state index in [9.17, 15) is 0 Å². The van der Waals surface area contributed by atoms with Crippen LogP contribution in [0.2, 0.25) is 0 Å². The zero-order chi connectivity index (χ0) is 10.6. The number of aromatic nitrogens is 1. The first kappa shape index (κ1) is 11.6. The van der Waals surface area contributed by atoms with E-state index in [4.69, 9.17) is 5.11 Å². The summed E-state index contributed by atoms with van der Waals surface area (Å²) in [7, 11) is 0. The van der Waals surface area contributed by atoms with E-state index in [1.165, 1.54) is 4.88 Å². The third-order valence-corrected chi connectivity index (χ3v) is 3.33. The van der Waals surface area contributed by atoms with Crippen LogP contribution in [0.1, 0.15) is 36.7 Å². The number of hydrogen-bond acceptors (Lipinski definition) is 4. The van der Waals surface area contributed by atoms with Crippen LogP contribution in [-0.2, 0) is 6.42 Å². The normalized spacial score (nSPS) is 15.4. The number of nitrogens with one attached hydrogen (secondary N) is 1. The van der Waals surface area contributed by atoms with E-state index in [0.29, 0.717) is 6.54 Å². The summed E-state index contributed by atoms with van der Waals surface area (Å²) in [4.78, 5) is 5.65. The molecule has 1 unspecified atom stereocenters. The molecular formula is C10H18N2OS. The summed E-state index contributed by atoms with van der Waals surface area (Å²) >= 11 is 1.74. The van der Waals surface area contributed by atoms with Crippen LogP contribution < -0.4 is 5.32 Å². The van der Waals surface area contributed by atoms with Gasteiger partial charge < -0.3 is 10.4 Å². The molecule has 0 bridgehead atoms. The van der Waals surface area contributed by atoms with E-state index in [1.54, 1.807) is 18.3 Å². The minimum Gasteiger partial charge on any atom is -0.392 e. The molecule has 0 saturated heterocycles. The summed E-state index contributed by atoms with van der Waals surface area (Å²) in [5, 5.41) is 13.5. The molecule has 80 valence electrons. The van der Waals surface area contributed by atoms with E-state index in [2.05, 4.69) is 24.1 Å². The Bertz CT molecular complexity index is 273. The zero-order valence-corrected chi connectivity index (χ0v) is 9.77. The Hall–Kier alpha value is -0.450. The zero-order valence-electron chi connectivity index (χ0n) is 8.95. The molecular weight excluding hydrogens is 196 g/mol. The Kier molecular flexibility index (Phi) is 4.51. The standard InChI is InChI=1S/C10H18N2OS/c1-4-9-6-12-10(14-9)8(3)11-5-7(2)13/h6-8,11,13H,4-5H2,1-3H3/t7-,8?/m0/s1. The molecule has 0 aromatic carbocycles. The lowest BCUT2D eigenvalue weighted by atomic mass is 10.3. The minimum absolute atomic E-state index is 0.231. The van der Waals surface area contributed by atoms with Crippen molar-refractivity contribution in [1.82, 2.24) is 10.3 Å². The Morgan fingerprint density at radius 1 is 1.57 bits per heavy atom. The van der Waals surface area contributed by atoms with Crippen LogP contribution in [0.25, 0.3) is 0 Å². The predicted molar refractivity (Wildman–Crippen MR) is 59.6 cm³/mol. The van der Waals surface area contributed by atoms with Crippen LogP contribution in [0.3, 0.4) is 0 Å². The maximum Gasteiger partial charge on any atom is 0.109 e. The highest BCUT2D eigenvalue weighted by Crippen LogP contribution is 2.19. The van der Waals surface area contributed by atoms with Gasteiger partial charge in [-0.25, -0.2) is 4.98 Å².